The molecule has 0 aliphatic carbocycles. The first-order valence-electron chi connectivity index (χ1n) is 8.09. The molecule has 0 radical (unpaired) electrons. The van der Waals surface area contributed by atoms with E-state index < -0.39 is 18.0 Å². The molecule has 1 aromatic rings. The summed E-state index contributed by atoms with van der Waals surface area (Å²) < 4.78 is 0. The minimum absolute atomic E-state index is 0.250. The van der Waals surface area contributed by atoms with Crippen molar-refractivity contribution in [2.24, 2.45) is 11.5 Å². The van der Waals surface area contributed by atoms with E-state index in [1.54, 1.807) is 0 Å². The fourth-order valence-electron chi connectivity index (χ4n) is 2.25. The van der Waals surface area contributed by atoms with Crippen molar-refractivity contribution < 1.29 is 14.4 Å². The first-order chi connectivity index (χ1) is 11.6. The van der Waals surface area contributed by atoms with Crippen molar-refractivity contribution in [2.45, 2.75) is 37.8 Å². The van der Waals surface area contributed by atoms with Gasteiger partial charge in [-0.1, -0.05) is 30.3 Å². The van der Waals surface area contributed by atoms with Gasteiger partial charge in [0.25, 0.3) is 0 Å². The third-order valence-electron chi connectivity index (χ3n) is 3.51. The van der Waals surface area contributed by atoms with Crippen molar-refractivity contribution in [1.82, 2.24) is 10.6 Å². The van der Waals surface area contributed by atoms with Gasteiger partial charge in [0.1, 0.15) is 12.3 Å². The number of benzene rings is 1. The number of aldehydes is 1. The normalized spacial score (nSPS) is 12.9. The lowest BCUT2D eigenvalue weighted by molar-refractivity contribution is -0.130. The average molecular weight is 334 g/mol. The minimum Gasteiger partial charge on any atom is -0.344 e. The smallest absolute Gasteiger partial charge is 0.243 e. The monoisotopic (exact) mass is 334 g/mol. The summed E-state index contributed by atoms with van der Waals surface area (Å²) in [6.07, 6.45) is 2.20. The van der Waals surface area contributed by atoms with E-state index in [0.717, 1.165) is 5.56 Å². The second-order valence-corrected chi connectivity index (χ2v) is 5.53. The lowest BCUT2D eigenvalue weighted by Gasteiger charge is -2.20. The Labute approximate surface area is 142 Å². The molecule has 0 aliphatic rings. The van der Waals surface area contributed by atoms with Crippen LogP contribution in [0.2, 0.25) is 0 Å². The van der Waals surface area contributed by atoms with Crippen molar-refractivity contribution in [3.05, 3.63) is 35.9 Å². The second-order valence-electron chi connectivity index (χ2n) is 5.53. The van der Waals surface area contributed by atoms with Crippen molar-refractivity contribution in [3.63, 3.8) is 0 Å². The van der Waals surface area contributed by atoms with Gasteiger partial charge in [-0.15, -0.1) is 0 Å². The van der Waals surface area contributed by atoms with Crippen LogP contribution in [0.15, 0.2) is 30.3 Å². The van der Waals surface area contributed by atoms with Gasteiger partial charge < -0.3 is 26.9 Å². The zero-order chi connectivity index (χ0) is 17.8. The van der Waals surface area contributed by atoms with Crippen molar-refractivity contribution in [1.29, 1.82) is 0 Å². The molecule has 7 nitrogen and oxygen atoms in total. The summed E-state index contributed by atoms with van der Waals surface area (Å²) in [5.41, 5.74) is 11.8. The van der Waals surface area contributed by atoms with Gasteiger partial charge >= 0.3 is 0 Å². The van der Waals surface area contributed by atoms with E-state index in [1.807, 2.05) is 30.3 Å². The van der Waals surface area contributed by atoms with Gasteiger partial charge in [-0.3, -0.25) is 9.59 Å². The van der Waals surface area contributed by atoms with Crippen LogP contribution in [0.5, 0.6) is 0 Å². The van der Waals surface area contributed by atoms with E-state index in [-0.39, 0.29) is 18.9 Å². The van der Waals surface area contributed by atoms with Crippen LogP contribution >= 0.6 is 0 Å². The summed E-state index contributed by atoms with van der Waals surface area (Å²) in [4.78, 5) is 35.4. The van der Waals surface area contributed by atoms with Gasteiger partial charge in [0.15, 0.2) is 0 Å². The summed E-state index contributed by atoms with van der Waals surface area (Å²) in [5.74, 6) is -0.658. The van der Waals surface area contributed by atoms with Gasteiger partial charge in [0, 0.05) is 6.42 Å². The number of carbonyl (C=O) groups excluding carboxylic acids is 3. The van der Waals surface area contributed by atoms with Crippen LogP contribution in [0.1, 0.15) is 24.8 Å². The molecule has 2 atom stereocenters. The van der Waals surface area contributed by atoms with Crippen LogP contribution in [0.4, 0.5) is 0 Å². The summed E-state index contributed by atoms with van der Waals surface area (Å²) >= 11 is 0. The lowest BCUT2D eigenvalue weighted by atomic mass is 10.1. The minimum atomic E-state index is -0.751. The van der Waals surface area contributed by atoms with Crippen LogP contribution in [0, 0.1) is 0 Å². The Balaban J connectivity index is 2.61. The second kappa shape index (κ2) is 11.3. The predicted molar refractivity (Wildman–Crippen MR) is 92.0 cm³/mol. The maximum absolute atomic E-state index is 12.3. The molecule has 1 aromatic carbocycles. The summed E-state index contributed by atoms with van der Waals surface area (Å²) in [6, 6.07) is 7.98. The van der Waals surface area contributed by atoms with Crippen LogP contribution in [-0.4, -0.2) is 43.3 Å². The molecule has 0 unspecified atom stereocenters. The molecule has 2 amide bonds. The highest BCUT2D eigenvalue weighted by molar-refractivity contribution is 5.89. The molecule has 6 N–H and O–H groups in total. The largest absolute Gasteiger partial charge is 0.344 e. The van der Waals surface area contributed by atoms with Crippen LogP contribution in [0.25, 0.3) is 0 Å². The third-order valence-corrected chi connectivity index (χ3v) is 3.51. The maximum atomic E-state index is 12.3. The van der Waals surface area contributed by atoms with E-state index in [2.05, 4.69) is 10.6 Å². The third kappa shape index (κ3) is 7.34. The van der Waals surface area contributed by atoms with Gasteiger partial charge in [-0.25, -0.2) is 0 Å². The standard InChI is InChI=1S/C17H26N4O3/c18-9-4-7-16(23)21-15(8-10-19)17(24)20-14(12-22)11-13-5-2-1-3-6-13/h1-3,5-6,12,14-15H,4,7-11,18-19H2,(H,20,24)(H,21,23)/t14-,15+/m1/s1. The first-order valence-corrected chi connectivity index (χ1v) is 8.09. The number of hydrogen-bond acceptors (Lipinski definition) is 5. The summed E-state index contributed by atoms with van der Waals surface area (Å²) in [6.45, 7) is 0.658. The van der Waals surface area contributed by atoms with E-state index in [1.165, 1.54) is 0 Å². The van der Waals surface area contributed by atoms with Gasteiger partial charge in [-0.05, 0) is 37.9 Å². The molecule has 0 aliphatic heterocycles. The molecule has 132 valence electrons. The molecule has 0 bridgehead atoms. The maximum Gasteiger partial charge on any atom is 0.243 e. The van der Waals surface area contributed by atoms with Gasteiger partial charge in [-0.2, -0.15) is 0 Å². The number of nitrogens with one attached hydrogen (secondary N) is 2. The molecule has 0 spiro atoms. The van der Waals surface area contributed by atoms with Gasteiger partial charge in [0.2, 0.25) is 11.8 Å². The molecule has 0 saturated heterocycles. The fraction of sp³-hybridized carbons (Fsp3) is 0.471. The molecule has 0 fully saturated rings. The zero-order valence-electron chi connectivity index (χ0n) is 13.7. The Hall–Kier alpha value is -2.25. The quantitative estimate of drug-likeness (QED) is 0.405. The number of hydrogen-bond donors (Lipinski definition) is 4. The molecule has 1 rings (SSSR count). The highest BCUT2D eigenvalue weighted by Crippen LogP contribution is 2.03. The van der Waals surface area contributed by atoms with Crippen molar-refractivity contribution in [2.75, 3.05) is 13.1 Å². The first kappa shape index (κ1) is 19.8. The van der Waals surface area contributed by atoms with Crippen LogP contribution < -0.4 is 22.1 Å². The Morgan fingerprint density at radius 3 is 2.38 bits per heavy atom. The highest BCUT2D eigenvalue weighted by Gasteiger charge is 2.22. The van der Waals surface area contributed by atoms with Gasteiger partial charge in [0.05, 0.1) is 6.04 Å². The SMILES string of the molecule is NCCCC(=O)N[C@@H](CCN)C(=O)N[C@@H](C=O)Cc1ccccc1. The molecule has 0 aromatic heterocycles. The lowest BCUT2D eigenvalue weighted by Crippen LogP contribution is -2.51. The highest BCUT2D eigenvalue weighted by atomic mass is 16.2. The molecule has 0 saturated carbocycles. The van der Waals surface area contributed by atoms with Crippen LogP contribution in [-0.2, 0) is 20.8 Å². The number of carbonyl (C=O) groups is 3. The number of nitrogens with two attached hydrogens (primary N) is 2. The topological polar surface area (TPSA) is 127 Å². The Morgan fingerprint density at radius 1 is 1.08 bits per heavy atom. The Morgan fingerprint density at radius 2 is 1.79 bits per heavy atom. The molecular weight excluding hydrogens is 308 g/mol. The van der Waals surface area contributed by atoms with E-state index in [9.17, 15) is 14.4 Å². The summed E-state index contributed by atoms with van der Waals surface area (Å²) in [5, 5.41) is 5.30. The fourth-order valence-corrected chi connectivity index (χ4v) is 2.25. The number of amides is 2. The van der Waals surface area contributed by atoms with E-state index in [4.69, 9.17) is 11.5 Å². The Kier molecular flexibility index (Phi) is 9.33. The summed E-state index contributed by atoms with van der Waals surface area (Å²) in [7, 11) is 0. The molecule has 0 heterocycles. The van der Waals surface area contributed by atoms with Crippen molar-refractivity contribution >= 4 is 18.1 Å². The average Bonchev–Trinajstić information content (AvgIpc) is 2.59. The predicted octanol–water partition coefficient (Wildman–Crippen LogP) is -0.515. The number of rotatable bonds is 11. The van der Waals surface area contributed by atoms with Crippen molar-refractivity contribution in [3.8, 4) is 0 Å². The molecule has 24 heavy (non-hydrogen) atoms. The van der Waals surface area contributed by atoms with Crippen LogP contribution in [0.3, 0.4) is 0 Å². The Bertz CT molecular complexity index is 522. The molecular formula is C17H26N4O3. The zero-order valence-corrected chi connectivity index (χ0v) is 13.7. The molecule has 7 heteroatoms. The van der Waals surface area contributed by atoms with E-state index in [0.29, 0.717) is 32.1 Å². The van der Waals surface area contributed by atoms with E-state index >= 15 is 0 Å².